The molecule has 0 bridgehead atoms. The molecule has 0 unspecified atom stereocenters. The van der Waals surface area contributed by atoms with Crippen LogP contribution in [-0.4, -0.2) is 73.3 Å². The summed E-state index contributed by atoms with van der Waals surface area (Å²) >= 11 is 0. The molecule has 1 aromatic carbocycles. The van der Waals surface area contributed by atoms with Crippen molar-refractivity contribution < 1.29 is 9.90 Å². The van der Waals surface area contributed by atoms with Crippen molar-refractivity contribution in [2.75, 3.05) is 31.1 Å². The van der Waals surface area contributed by atoms with Gasteiger partial charge in [-0.2, -0.15) is 4.99 Å². The van der Waals surface area contributed by atoms with Gasteiger partial charge in [0.25, 0.3) is 5.91 Å². The van der Waals surface area contributed by atoms with E-state index in [0.29, 0.717) is 22.9 Å². The number of fused-ring (bicyclic) bond motifs is 1. The van der Waals surface area contributed by atoms with Crippen LogP contribution in [0.25, 0.3) is 22.3 Å². The highest BCUT2D eigenvalue weighted by Gasteiger charge is 2.21. The molecule has 4 heterocycles. The molecule has 1 amide bonds. The van der Waals surface area contributed by atoms with Crippen LogP contribution < -0.4 is 10.5 Å². The number of rotatable bonds is 6. The fraction of sp³-hybridized carbons (Fsp3) is 0.379. The van der Waals surface area contributed by atoms with Gasteiger partial charge in [-0.1, -0.05) is 0 Å². The molecule has 1 aliphatic heterocycles. The van der Waals surface area contributed by atoms with Crippen LogP contribution in [0.5, 0.6) is 0 Å². The smallest absolute Gasteiger partial charge is 0.280 e. The summed E-state index contributed by atoms with van der Waals surface area (Å²) in [5.74, 6) is -0.390. The summed E-state index contributed by atoms with van der Waals surface area (Å²) in [5.41, 5.74) is 4.19. The number of carbonyl (C=O) groups excluding carboxylic acids is 1. The van der Waals surface area contributed by atoms with Gasteiger partial charge in [-0.15, -0.1) is 0 Å². The lowest BCUT2D eigenvalue weighted by molar-refractivity contribution is 0.0612. The van der Waals surface area contributed by atoms with Gasteiger partial charge in [0.2, 0.25) is 5.62 Å². The summed E-state index contributed by atoms with van der Waals surface area (Å²) in [6.45, 7) is 12.2. The lowest BCUT2D eigenvalue weighted by Crippen LogP contribution is -2.48. The minimum absolute atomic E-state index is 0.281. The number of aromatic amines is 1. The standard InChI is InChI=1S/C29H35N7O2/c1-20(2)34-12-14-35(15-13-34)23-7-8-26-25(17-23)32-28(36(26)19-29(3,4)38)33-27(37)21-9-11-31-24(16-21)22-6-5-10-30-18-22/h5-11,16-18,20,38H,12-15,19H2,1-4H3,(H,32,33,37). The van der Waals surface area contributed by atoms with Crippen molar-refractivity contribution in [2.24, 2.45) is 4.99 Å². The highest BCUT2D eigenvalue weighted by Crippen LogP contribution is 2.23. The molecular formula is C29H35N7O2. The summed E-state index contributed by atoms with van der Waals surface area (Å²) in [6, 6.07) is 13.9. The average Bonchev–Trinajstić information content (AvgIpc) is 3.23. The number of aliphatic hydroxyl groups is 1. The number of anilines is 1. The lowest BCUT2D eigenvalue weighted by Gasteiger charge is -2.38. The maximum Gasteiger partial charge on any atom is 0.280 e. The first-order valence-electron chi connectivity index (χ1n) is 13.1. The fourth-order valence-electron chi connectivity index (χ4n) is 4.89. The van der Waals surface area contributed by atoms with E-state index in [9.17, 15) is 9.90 Å². The van der Waals surface area contributed by atoms with Gasteiger partial charge in [-0.3, -0.25) is 19.7 Å². The van der Waals surface area contributed by atoms with E-state index in [1.807, 2.05) is 22.8 Å². The first-order chi connectivity index (χ1) is 18.2. The predicted molar refractivity (Wildman–Crippen MR) is 149 cm³/mol. The van der Waals surface area contributed by atoms with Crippen LogP contribution in [0, 0.1) is 0 Å². The molecule has 1 saturated heterocycles. The number of pyridine rings is 2. The second-order valence-corrected chi connectivity index (χ2v) is 10.8. The van der Waals surface area contributed by atoms with Crippen LogP contribution in [0.2, 0.25) is 0 Å². The van der Waals surface area contributed by atoms with Crippen LogP contribution in [-0.2, 0) is 6.54 Å². The Labute approximate surface area is 222 Å². The third-order valence-corrected chi connectivity index (χ3v) is 6.90. The molecule has 3 aromatic heterocycles. The number of aromatic nitrogens is 4. The Bertz CT molecular complexity index is 1490. The first kappa shape index (κ1) is 25.8. The molecule has 0 atom stereocenters. The molecule has 4 aromatic rings. The molecule has 2 N–H and O–H groups in total. The van der Waals surface area contributed by atoms with Crippen molar-refractivity contribution in [3.8, 4) is 11.3 Å². The van der Waals surface area contributed by atoms with Gasteiger partial charge in [-0.05, 0) is 70.2 Å². The predicted octanol–water partition coefficient (Wildman–Crippen LogP) is 3.47. The maximum absolute atomic E-state index is 13.3. The lowest BCUT2D eigenvalue weighted by atomic mass is 10.1. The topological polar surface area (TPSA) is 103 Å². The molecule has 1 fully saturated rings. The quantitative estimate of drug-likeness (QED) is 0.409. The van der Waals surface area contributed by atoms with Gasteiger partial charge in [0.05, 0.1) is 28.9 Å². The number of amides is 1. The number of nitrogens with one attached hydrogen (secondary N) is 1. The van der Waals surface area contributed by atoms with Gasteiger partial charge < -0.3 is 19.6 Å². The maximum atomic E-state index is 13.3. The van der Waals surface area contributed by atoms with Gasteiger partial charge in [-0.25, -0.2) is 0 Å². The molecule has 9 nitrogen and oxygen atoms in total. The number of H-pyrrole nitrogens is 1. The zero-order chi connectivity index (χ0) is 26.9. The Hall–Kier alpha value is -3.82. The Morgan fingerprint density at radius 1 is 1.11 bits per heavy atom. The van der Waals surface area contributed by atoms with Crippen molar-refractivity contribution in [1.82, 2.24) is 24.4 Å². The zero-order valence-corrected chi connectivity index (χ0v) is 22.4. The monoisotopic (exact) mass is 513 g/mol. The largest absolute Gasteiger partial charge is 0.389 e. The van der Waals surface area contributed by atoms with Crippen LogP contribution in [0.1, 0.15) is 38.1 Å². The molecule has 38 heavy (non-hydrogen) atoms. The molecule has 9 heteroatoms. The number of nitrogens with zero attached hydrogens (tertiary/aromatic N) is 6. The minimum Gasteiger partial charge on any atom is -0.389 e. The molecular weight excluding hydrogens is 478 g/mol. The summed E-state index contributed by atoms with van der Waals surface area (Å²) in [4.78, 5) is 34.5. The Kier molecular flexibility index (Phi) is 7.14. The van der Waals surface area contributed by atoms with Gasteiger partial charge in [0.15, 0.2) is 0 Å². The Morgan fingerprint density at radius 3 is 2.58 bits per heavy atom. The van der Waals surface area contributed by atoms with Crippen molar-refractivity contribution in [1.29, 1.82) is 0 Å². The third kappa shape index (κ3) is 5.69. The fourth-order valence-corrected chi connectivity index (χ4v) is 4.89. The SMILES string of the molecule is CC(C)N1CCN(c2ccc3c(c2)[nH]/c(=N\C(=O)c2ccnc(-c4cccnc4)c2)n3CC(C)(C)O)CC1. The second kappa shape index (κ2) is 10.5. The zero-order valence-electron chi connectivity index (χ0n) is 22.4. The second-order valence-electron chi connectivity index (χ2n) is 10.8. The van der Waals surface area contributed by atoms with Gasteiger partial charge in [0, 0.05) is 67.6 Å². The van der Waals surface area contributed by atoms with Crippen LogP contribution in [0.15, 0.2) is 66.0 Å². The van der Waals surface area contributed by atoms with E-state index >= 15 is 0 Å². The molecule has 0 saturated carbocycles. The van der Waals surface area contributed by atoms with Crippen LogP contribution in [0.3, 0.4) is 0 Å². The van der Waals surface area contributed by atoms with Crippen molar-refractivity contribution in [3.05, 3.63) is 72.2 Å². The van der Waals surface area contributed by atoms with Crippen LogP contribution >= 0.6 is 0 Å². The number of hydrogen-bond donors (Lipinski definition) is 2. The van der Waals surface area contributed by atoms with E-state index in [2.05, 4.69) is 55.7 Å². The molecule has 0 radical (unpaired) electrons. The number of hydrogen-bond acceptors (Lipinski definition) is 6. The van der Waals surface area contributed by atoms with Crippen LogP contribution in [0.4, 0.5) is 5.69 Å². The summed E-state index contributed by atoms with van der Waals surface area (Å²) in [7, 11) is 0. The average molecular weight is 514 g/mol. The molecule has 0 spiro atoms. The third-order valence-electron chi connectivity index (χ3n) is 6.90. The van der Waals surface area contributed by atoms with E-state index in [-0.39, 0.29) is 6.54 Å². The molecule has 0 aliphatic carbocycles. The molecule has 1 aliphatic rings. The summed E-state index contributed by atoms with van der Waals surface area (Å²) in [6.07, 6.45) is 5.01. The minimum atomic E-state index is -0.997. The van der Waals surface area contributed by atoms with Crippen molar-refractivity contribution >= 4 is 22.6 Å². The molecule has 5 rings (SSSR count). The normalized spacial score (nSPS) is 15.5. The van der Waals surface area contributed by atoms with E-state index in [1.165, 1.54) is 0 Å². The van der Waals surface area contributed by atoms with Gasteiger partial charge >= 0.3 is 0 Å². The summed E-state index contributed by atoms with van der Waals surface area (Å²) in [5, 5.41) is 10.6. The molecule has 198 valence electrons. The van der Waals surface area contributed by atoms with E-state index in [1.54, 1.807) is 44.6 Å². The van der Waals surface area contributed by atoms with E-state index in [0.717, 1.165) is 48.5 Å². The van der Waals surface area contributed by atoms with Gasteiger partial charge in [0.1, 0.15) is 0 Å². The number of carbonyl (C=O) groups is 1. The summed E-state index contributed by atoms with van der Waals surface area (Å²) < 4.78 is 1.87. The van der Waals surface area contributed by atoms with E-state index in [4.69, 9.17) is 0 Å². The van der Waals surface area contributed by atoms with Crippen molar-refractivity contribution in [2.45, 2.75) is 45.9 Å². The first-order valence-corrected chi connectivity index (χ1v) is 13.1. The van der Waals surface area contributed by atoms with Crippen molar-refractivity contribution in [3.63, 3.8) is 0 Å². The highest BCUT2D eigenvalue weighted by atomic mass is 16.3. The highest BCUT2D eigenvalue weighted by molar-refractivity contribution is 5.95. The number of piperazine rings is 1. The van der Waals surface area contributed by atoms with E-state index < -0.39 is 11.5 Å². The Morgan fingerprint density at radius 2 is 1.89 bits per heavy atom. The Balaban J connectivity index is 1.50. The number of imidazole rings is 1. The number of benzene rings is 1.